The number of aliphatic hydroxyl groups is 1. The fourth-order valence-electron chi connectivity index (χ4n) is 1.76. The number of anilines is 1. The van der Waals surface area contributed by atoms with Crippen LogP contribution in [0.4, 0.5) is 5.69 Å². The Kier molecular flexibility index (Phi) is 6.92. The molecule has 106 valence electrons. The fourth-order valence-corrected chi connectivity index (χ4v) is 1.76. The van der Waals surface area contributed by atoms with Crippen molar-refractivity contribution in [3.63, 3.8) is 0 Å². The Bertz CT molecular complexity index is 369. The molecule has 0 aromatic heterocycles. The lowest BCUT2D eigenvalue weighted by Gasteiger charge is -2.26. The summed E-state index contributed by atoms with van der Waals surface area (Å²) in [6.07, 6.45) is -0.593. The van der Waals surface area contributed by atoms with E-state index >= 15 is 0 Å². The summed E-state index contributed by atoms with van der Waals surface area (Å²) in [5, 5.41) is 18.6. The van der Waals surface area contributed by atoms with Crippen LogP contribution in [0, 0.1) is 0 Å². The average Bonchev–Trinajstić information content (AvgIpc) is 2.42. The molecule has 1 unspecified atom stereocenters. The van der Waals surface area contributed by atoms with E-state index in [2.05, 4.69) is 0 Å². The number of carboxylic acid groups (broad SMARTS) is 1. The number of aliphatic carboxylic acids is 1. The summed E-state index contributed by atoms with van der Waals surface area (Å²) in [6, 6.07) is 9.47. The maximum Gasteiger partial charge on any atom is 0.305 e. The second kappa shape index (κ2) is 8.50. The Labute approximate surface area is 113 Å². The molecule has 0 radical (unpaired) electrons. The van der Waals surface area contributed by atoms with E-state index in [0.717, 1.165) is 5.69 Å². The van der Waals surface area contributed by atoms with Crippen LogP contribution >= 0.6 is 0 Å². The van der Waals surface area contributed by atoms with Crippen LogP contribution in [0.3, 0.4) is 0 Å². The van der Waals surface area contributed by atoms with Gasteiger partial charge < -0.3 is 19.8 Å². The Balaban J connectivity index is 2.61. The highest BCUT2D eigenvalue weighted by Crippen LogP contribution is 2.14. The minimum absolute atomic E-state index is 0.0379. The van der Waals surface area contributed by atoms with Gasteiger partial charge in [0.1, 0.15) is 0 Å². The number of ether oxygens (including phenoxy) is 1. The molecule has 0 saturated heterocycles. The standard InChI is InChI=1S/C14H21NO4/c1-2-19-11-13(16)10-15(9-8-14(17)18)12-6-4-3-5-7-12/h3-7,13,16H,2,8-11H2,1H3,(H,17,18). The smallest absolute Gasteiger partial charge is 0.305 e. The van der Waals surface area contributed by atoms with E-state index in [-0.39, 0.29) is 13.0 Å². The number of para-hydroxylation sites is 1. The lowest BCUT2D eigenvalue weighted by Crippen LogP contribution is -2.36. The van der Waals surface area contributed by atoms with Gasteiger partial charge in [0.25, 0.3) is 0 Å². The van der Waals surface area contributed by atoms with Crippen LogP contribution in [0.15, 0.2) is 30.3 Å². The van der Waals surface area contributed by atoms with Gasteiger partial charge in [-0.1, -0.05) is 18.2 Å². The number of nitrogens with zero attached hydrogens (tertiary/aromatic N) is 1. The molecule has 1 rings (SSSR count). The number of carbonyl (C=O) groups is 1. The minimum atomic E-state index is -0.847. The van der Waals surface area contributed by atoms with E-state index in [1.807, 2.05) is 42.2 Å². The summed E-state index contributed by atoms with van der Waals surface area (Å²) in [4.78, 5) is 12.5. The molecule has 5 heteroatoms. The van der Waals surface area contributed by atoms with Crippen molar-refractivity contribution in [2.45, 2.75) is 19.4 Å². The van der Waals surface area contributed by atoms with Crippen LogP contribution in [0.25, 0.3) is 0 Å². The molecule has 1 aromatic rings. The van der Waals surface area contributed by atoms with Crippen LogP contribution in [-0.4, -0.2) is 48.6 Å². The van der Waals surface area contributed by atoms with E-state index in [1.165, 1.54) is 0 Å². The monoisotopic (exact) mass is 267 g/mol. The molecule has 0 heterocycles. The molecule has 0 amide bonds. The molecule has 19 heavy (non-hydrogen) atoms. The van der Waals surface area contributed by atoms with Crippen LogP contribution in [0.2, 0.25) is 0 Å². The first kappa shape index (κ1) is 15.5. The van der Waals surface area contributed by atoms with Crippen molar-refractivity contribution in [3.05, 3.63) is 30.3 Å². The van der Waals surface area contributed by atoms with E-state index in [1.54, 1.807) is 0 Å². The SMILES string of the molecule is CCOCC(O)CN(CCC(=O)O)c1ccccc1. The molecule has 0 spiro atoms. The normalized spacial score (nSPS) is 12.1. The first-order chi connectivity index (χ1) is 9.13. The minimum Gasteiger partial charge on any atom is -0.481 e. The Hall–Kier alpha value is -1.59. The van der Waals surface area contributed by atoms with Gasteiger partial charge in [-0.25, -0.2) is 0 Å². The summed E-state index contributed by atoms with van der Waals surface area (Å²) < 4.78 is 5.16. The number of aliphatic hydroxyl groups excluding tert-OH is 1. The first-order valence-electron chi connectivity index (χ1n) is 6.41. The van der Waals surface area contributed by atoms with Crippen LogP contribution in [0.5, 0.6) is 0 Å². The van der Waals surface area contributed by atoms with Crippen molar-refractivity contribution < 1.29 is 19.7 Å². The third-order valence-electron chi connectivity index (χ3n) is 2.66. The van der Waals surface area contributed by atoms with E-state index in [4.69, 9.17) is 9.84 Å². The third-order valence-corrected chi connectivity index (χ3v) is 2.66. The van der Waals surface area contributed by atoms with Gasteiger partial charge in [-0.05, 0) is 19.1 Å². The first-order valence-corrected chi connectivity index (χ1v) is 6.41. The van der Waals surface area contributed by atoms with E-state index in [0.29, 0.717) is 19.7 Å². The van der Waals surface area contributed by atoms with E-state index in [9.17, 15) is 9.90 Å². The topological polar surface area (TPSA) is 70.0 Å². The Morgan fingerprint density at radius 3 is 2.63 bits per heavy atom. The van der Waals surface area contributed by atoms with Gasteiger partial charge in [0, 0.05) is 25.4 Å². The second-order valence-electron chi connectivity index (χ2n) is 4.24. The van der Waals surface area contributed by atoms with Crippen molar-refractivity contribution in [1.82, 2.24) is 0 Å². The summed E-state index contributed by atoms with van der Waals surface area (Å²) in [7, 11) is 0. The summed E-state index contributed by atoms with van der Waals surface area (Å²) in [5.74, 6) is -0.847. The molecule has 0 aliphatic heterocycles. The zero-order valence-corrected chi connectivity index (χ0v) is 11.2. The molecule has 0 aliphatic carbocycles. The lowest BCUT2D eigenvalue weighted by atomic mass is 10.2. The molecule has 0 bridgehead atoms. The number of carboxylic acids is 1. The van der Waals surface area contributed by atoms with E-state index < -0.39 is 12.1 Å². The quantitative estimate of drug-likeness (QED) is 0.707. The average molecular weight is 267 g/mol. The summed E-state index contributed by atoms with van der Waals surface area (Å²) in [5.41, 5.74) is 0.902. The van der Waals surface area contributed by atoms with Gasteiger partial charge >= 0.3 is 5.97 Å². The van der Waals surface area contributed by atoms with Crippen LogP contribution < -0.4 is 4.90 Å². The zero-order valence-electron chi connectivity index (χ0n) is 11.2. The van der Waals surface area contributed by atoms with Gasteiger partial charge in [0.05, 0.1) is 19.1 Å². The highest BCUT2D eigenvalue weighted by molar-refractivity contribution is 5.67. The molecule has 0 fully saturated rings. The van der Waals surface area contributed by atoms with Gasteiger partial charge in [-0.2, -0.15) is 0 Å². The Morgan fingerprint density at radius 2 is 2.05 bits per heavy atom. The van der Waals surface area contributed by atoms with Crippen LogP contribution in [-0.2, 0) is 9.53 Å². The highest BCUT2D eigenvalue weighted by Gasteiger charge is 2.13. The molecule has 1 atom stereocenters. The predicted molar refractivity (Wildman–Crippen MR) is 73.4 cm³/mol. The highest BCUT2D eigenvalue weighted by atomic mass is 16.5. The van der Waals surface area contributed by atoms with Crippen molar-refractivity contribution in [2.24, 2.45) is 0 Å². The summed E-state index contributed by atoms with van der Waals surface area (Å²) in [6.45, 7) is 3.40. The molecular formula is C14H21NO4. The predicted octanol–water partition coefficient (Wildman–Crippen LogP) is 1.37. The van der Waals surface area contributed by atoms with Crippen molar-refractivity contribution >= 4 is 11.7 Å². The van der Waals surface area contributed by atoms with Gasteiger partial charge in [0.15, 0.2) is 0 Å². The fraction of sp³-hybridized carbons (Fsp3) is 0.500. The molecule has 2 N–H and O–H groups in total. The van der Waals surface area contributed by atoms with Gasteiger partial charge in [-0.3, -0.25) is 4.79 Å². The molecule has 0 aliphatic rings. The van der Waals surface area contributed by atoms with Crippen molar-refractivity contribution in [2.75, 3.05) is 31.2 Å². The molecule has 5 nitrogen and oxygen atoms in total. The van der Waals surface area contributed by atoms with Gasteiger partial charge in [0.2, 0.25) is 0 Å². The summed E-state index contributed by atoms with van der Waals surface area (Å²) >= 11 is 0. The maximum absolute atomic E-state index is 10.7. The molecular weight excluding hydrogens is 246 g/mol. The Morgan fingerprint density at radius 1 is 1.37 bits per heavy atom. The number of hydrogen-bond donors (Lipinski definition) is 2. The van der Waals surface area contributed by atoms with Crippen LogP contribution in [0.1, 0.15) is 13.3 Å². The maximum atomic E-state index is 10.7. The van der Waals surface area contributed by atoms with Crippen molar-refractivity contribution in [3.8, 4) is 0 Å². The van der Waals surface area contributed by atoms with Gasteiger partial charge in [-0.15, -0.1) is 0 Å². The van der Waals surface area contributed by atoms with Crippen molar-refractivity contribution in [1.29, 1.82) is 0 Å². The molecule has 0 saturated carbocycles. The third kappa shape index (κ3) is 6.22. The largest absolute Gasteiger partial charge is 0.481 e. The lowest BCUT2D eigenvalue weighted by molar-refractivity contribution is -0.136. The second-order valence-corrected chi connectivity index (χ2v) is 4.24. The molecule has 1 aromatic carbocycles. The number of benzene rings is 1. The zero-order chi connectivity index (χ0) is 14.1. The number of hydrogen-bond acceptors (Lipinski definition) is 4. The number of rotatable bonds is 9.